The van der Waals surface area contributed by atoms with Crippen LogP contribution in [0.5, 0.6) is 0 Å². The van der Waals surface area contributed by atoms with Crippen molar-refractivity contribution in [2.45, 2.75) is 39.3 Å². The fourth-order valence-electron chi connectivity index (χ4n) is 2.36. The molecule has 0 atom stereocenters. The van der Waals surface area contributed by atoms with Gasteiger partial charge in [-0.15, -0.1) is 11.3 Å². The number of ether oxygens (including phenoxy) is 1. The number of hydrogen-bond donors (Lipinski definition) is 0. The zero-order valence-electron chi connectivity index (χ0n) is 12.9. The summed E-state index contributed by atoms with van der Waals surface area (Å²) < 4.78 is 5.43. The monoisotopic (exact) mass is 318 g/mol. The lowest BCUT2D eigenvalue weighted by Crippen LogP contribution is -2.40. The van der Waals surface area contributed by atoms with Gasteiger partial charge in [-0.25, -0.2) is 19.7 Å². The minimum atomic E-state index is -0.491. The molecule has 116 valence electrons. The summed E-state index contributed by atoms with van der Waals surface area (Å²) >= 11 is 1.56. The van der Waals surface area contributed by atoms with Crippen molar-refractivity contribution < 1.29 is 9.53 Å². The minimum absolute atomic E-state index is 0.299. The van der Waals surface area contributed by atoms with E-state index in [1.54, 1.807) is 22.4 Å². The fourth-order valence-corrected chi connectivity index (χ4v) is 3.02. The zero-order chi connectivity index (χ0) is 15.7. The molecule has 0 unspecified atom stereocenters. The summed E-state index contributed by atoms with van der Waals surface area (Å²) in [6.07, 6.45) is 3.72. The Labute approximate surface area is 133 Å². The number of hydrogen-bond acceptors (Lipinski definition) is 6. The predicted octanol–water partition coefficient (Wildman–Crippen LogP) is 2.89. The van der Waals surface area contributed by atoms with E-state index >= 15 is 0 Å². The third-order valence-electron chi connectivity index (χ3n) is 3.29. The first-order valence-electron chi connectivity index (χ1n) is 7.14. The predicted molar refractivity (Wildman–Crippen MR) is 83.5 cm³/mol. The van der Waals surface area contributed by atoms with Crippen molar-refractivity contribution in [3.05, 3.63) is 29.2 Å². The number of amides is 1. The molecule has 2 aromatic heterocycles. The van der Waals surface area contributed by atoms with Gasteiger partial charge in [0.1, 0.15) is 22.6 Å². The minimum Gasteiger partial charge on any atom is -0.444 e. The molecule has 2 aromatic rings. The lowest BCUT2D eigenvalue weighted by molar-refractivity contribution is 0.0221. The molecule has 1 aliphatic heterocycles. The highest BCUT2D eigenvalue weighted by atomic mass is 32.1. The van der Waals surface area contributed by atoms with Gasteiger partial charge in [0, 0.05) is 23.7 Å². The van der Waals surface area contributed by atoms with Crippen molar-refractivity contribution in [1.29, 1.82) is 0 Å². The maximum absolute atomic E-state index is 12.2. The Morgan fingerprint density at radius 2 is 2.14 bits per heavy atom. The molecule has 6 nitrogen and oxygen atoms in total. The number of rotatable bonds is 1. The van der Waals surface area contributed by atoms with Crippen LogP contribution < -0.4 is 0 Å². The lowest BCUT2D eigenvalue weighted by atomic mass is 10.0. The van der Waals surface area contributed by atoms with E-state index in [0.717, 1.165) is 22.0 Å². The van der Waals surface area contributed by atoms with Crippen LogP contribution >= 0.6 is 11.3 Å². The quantitative estimate of drug-likeness (QED) is 0.808. The second kappa shape index (κ2) is 5.64. The highest BCUT2D eigenvalue weighted by Crippen LogP contribution is 2.28. The van der Waals surface area contributed by atoms with Crippen molar-refractivity contribution in [2.24, 2.45) is 0 Å². The molecule has 3 heterocycles. The molecule has 22 heavy (non-hydrogen) atoms. The maximum atomic E-state index is 12.2. The zero-order valence-corrected chi connectivity index (χ0v) is 13.7. The summed E-state index contributed by atoms with van der Waals surface area (Å²) in [5.74, 6) is 0. The van der Waals surface area contributed by atoms with Gasteiger partial charge in [-0.1, -0.05) is 0 Å². The van der Waals surface area contributed by atoms with Gasteiger partial charge in [-0.05, 0) is 27.2 Å². The first-order valence-corrected chi connectivity index (χ1v) is 8.02. The molecule has 0 spiro atoms. The summed E-state index contributed by atoms with van der Waals surface area (Å²) in [6.45, 7) is 6.65. The molecule has 1 amide bonds. The van der Waals surface area contributed by atoms with Gasteiger partial charge in [0.2, 0.25) is 0 Å². The Hall–Kier alpha value is -2.02. The van der Waals surface area contributed by atoms with Gasteiger partial charge in [0.25, 0.3) is 0 Å². The Bertz CT molecular complexity index is 679. The van der Waals surface area contributed by atoms with Crippen LogP contribution in [0.25, 0.3) is 10.7 Å². The highest BCUT2D eigenvalue weighted by Gasteiger charge is 2.28. The molecular formula is C15H18N4O2S. The third-order valence-corrected chi connectivity index (χ3v) is 4.07. The SMILES string of the molecule is CC(C)(C)OC(=O)N1CCc2c(ncnc2-c2nccs2)C1. The van der Waals surface area contributed by atoms with E-state index in [1.807, 2.05) is 26.2 Å². The first-order chi connectivity index (χ1) is 10.4. The molecule has 0 radical (unpaired) electrons. The average Bonchev–Trinajstić information content (AvgIpc) is 2.98. The van der Waals surface area contributed by atoms with Gasteiger partial charge in [-0.3, -0.25) is 0 Å². The molecule has 0 bridgehead atoms. The van der Waals surface area contributed by atoms with Crippen LogP contribution in [0, 0.1) is 0 Å². The van der Waals surface area contributed by atoms with E-state index in [0.29, 0.717) is 19.5 Å². The molecule has 1 aliphatic rings. The number of aromatic nitrogens is 3. The molecule has 0 aromatic carbocycles. The van der Waals surface area contributed by atoms with E-state index in [9.17, 15) is 4.79 Å². The standard InChI is InChI=1S/C15H18N4O2S/c1-15(2,3)21-14(20)19-6-4-10-11(8-19)17-9-18-12(10)13-16-5-7-22-13/h5,7,9H,4,6,8H2,1-3H3. The summed E-state index contributed by atoms with van der Waals surface area (Å²) in [5, 5.41) is 2.82. The smallest absolute Gasteiger partial charge is 0.410 e. The molecule has 0 saturated carbocycles. The molecule has 0 saturated heterocycles. The van der Waals surface area contributed by atoms with Crippen molar-refractivity contribution in [3.63, 3.8) is 0 Å². The number of carbonyl (C=O) groups excluding carboxylic acids is 1. The van der Waals surface area contributed by atoms with Crippen LogP contribution in [0.3, 0.4) is 0 Å². The topological polar surface area (TPSA) is 68.2 Å². The molecule has 7 heteroatoms. The van der Waals surface area contributed by atoms with E-state index < -0.39 is 5.60 Å². The molecule has 3 rings (SSSR count). The number of fused-ring (bicyclic) bond motifs is 1. The van der Waals surface area contributed by atoms with Crippen LogP contribution in [-0.2, 0) is 17.7 Å². The summed E-state index contributed by atoms with van der Waals surface area (Å²) in [7, 11) is 0. The fraction of sp³-hybridized carbons (Fsp3) is 0.467. The van der Waals surface area contributed by atoms with Crippen LogP contribution in [0.2, 0.25) is 0 Å². The first kappa shape index (κ1) is 14.9. The van der Waals surface area contributed by atoms with Crippen LogP contribution in [-0.4, -0.2) is 38.1 Å². The lowest BCUT2D eigenvalue weighted by Gasteiger charge is -2.30. The summed E-state index contributed by atoms with van der Waals surface area (Å²) in [6, 6.07) is 0. The van der Waals surface area contributed by atoms with Crippen molar-refractivity contribution in [2.75, 3.05) is 6.54 Å². The largest absolute Gasteiger partial charge is 0.444 e. The van der Waals surface area contributed by atoms with Crippen molar-refractivity contribution >= 4 is 17.4 Å². The normalized spacial score (nSPS) is 14.6. The number of thiazole rings is 1. The van der Waals surface area contributed by atoms with E-state index in [-0.39, 0.29) is 6.09 Å². The Morgan fingerprint density at radius 3 is 2.82 bits per heavy atom. The maximum Gasteiger partial charge on any atom is 0.410 e. The Morgan fingerprint density at radius 1 is 1.32 bits per heavy atom. The second-order valence-corrected chi connectivity index (χ2v) is 7.03. The Balaban J connectivity index is 1.83. The van der Waals surface area contributed by atoms with Crippen LogP contribution in [0.4, 0.5) is 4.79 Å². The van der Waals surface area contributed by atoms with Crippen molar-refractivity contribution in [1.82, 2.24) is 19.9 Å². The van der Waals surface area contributed by atoms with Gasteiger partial charge < -0.3 is 9.64 Å². The van der Waals surface area contributed by atoms with E-state index in [2.05, 4.69) is 15.0 Å². The molecule has 0 N–H and O–H groups in total. The van der Waals surface area contributed by atoms with E-state index in [4.69, 9.17) is 4.74 Å². The number of nitrogens with zero attached hydrogens (tertiary/aromatic N) is 4. The Kier molecular flexibility index (Phi) is 3.82. The highest BCUT2D eigenvalue weighted by molar-refractivity contribution is 7.13. The van der Waals surface area contributed by atoms with Gasteiger partial charge >= 0.3 is 6.09 Å². The molecule has 0 aliphatic carbocycles. The third kappa shape index (κ3) is 3.09. The van der Waals surface area contributed by atoms with E-state index in [1.165, 1.54) is 6.33 Å². The molecular weight excluding hydrogens is 300 g/mol. The summed E-state index contributed by atoms with van der Waals surface area (Å²) in [4.78, 5) is 26.9. The van der Waals surface area contributed by atoms with Crippen LogP contribution in [0.15, 0.2) is 17.9 Å². The van der Waals surface area contributed by atoms with Gasteiger partial charge in [0.05, 0.1) is 12.2 Å². The second-order valence-electron chi connectivity index (χ2n) is 6.14. The van der Waals surface area contributed by atoms with Gasteiger partial charge in [-0.2, -0.15) is 0 Å². The summed E-state index contributed by atoms with van der Waals surface area (Å²) in [5.41, 5.74) is 2.34. The van der Waals surface area contributed by atoms with Crippen LogP contribution in [0.1, 0.15) is 32.0 Å². The van der Waals surface area contributed by atoms with Gasteiger partial charge in [0.15, 0.2) is 0 Å². The van der Waals surface area contributed by atoms with Crippen molar-refractivity contribution in [3.8, 4) is 10.7 Å². The average molecular weight is 318 g/mol. The molecule has 0 fully saturated rings. The number of carbonyl (C=O) groups is 1.